The monoisotopic (exact) mass is 840 g/mol. The molecule has 2 saturated heterocycles. The molecule has 4 fully saturated rings. The fourth-order valence-corrected chi connectivity index (χ4v) is 10.4. The van der Waals surface area contributed by atoms with Gasteiger partial charge in [-0.05, 0) is 86.3 Å². The van der Waals surface area contributed by atoms with Gasteiger partial charge < -0.3 is 30.2 Å². The summed E-state index contributed by atoms with van der Waals surface area (Å²) in [5.74, 6) is -3.44. The Balaban J connectivity index is 0.827. The Morgan fingerprint density at radius 1 is 0.967 bits per heavy atom. The Bertz CT molecular complexity index is 2670. The first-order valence-corrected chi connectivity index (χ1v) is 21.0. The number of aryl methyl sites for hydroxylation is 2. The fraction of sp³-hybridized carbons (Fsp3) is 0.488. The maximum absolute atomic E-state index is 15.2. The lowest BCUT2D eigenvalue weighted by Gasteiger charge is -2.58. The second-order valence-electron chi connectivity index (χ2n) is 18.3. The minimum Gasteiger partial charge on any atom is -0.480 e. The lowest BCUT2D eigenvalue weighted by atomic mass is 9.58. The highest BCUT2D eigenvalue weighted by Gasteiger charge is 2.53. The number of pyridine rings is 1. The number of rotatable bonds is 7. The van der Waals surface area contributed by atoms with E-state index in [4.69, 9.17) is 26.4 Å². The van der Waals surface area contributed by atoms with Crippen LogP contribution in [0.25, 0.3) is 21.8 Å². The van der Waals surface area contributed by atoms with Gasteiger partial charge in [0, 0.05) is 67.2 Å². The fourth-order valence-electron chi connectivity index (χ4n) is 10.3. The normalized spacial score (nSPS) is 24.2. The first kappa shape index (κ1) is 38.7. The average Bonchev–Trinajstić information content (AvgIpc) is 3.99. The minimum absolute atomic E-state index is 0.0243. The summed E-state index contributed by atoms with van der Waals surface area (Å²) >= 11 is 6.65. The van der Waals surface area contributed by atoms with Crippen LogP contribution in [-0.4, -0.2) is 73.8 Å². The molecule has 5 aromatic rings. The number of ether oxygens (including phenoxy) is 1. The minimum atomic E-state index is -3.13. The lowest BCUT2D eigenvalue weighted by Crippen LogP contribution is -2.62. The predicted molar refractivity (Wildman–Crippen MR) is 226 cm³/mol. The van der Waals surface area contributed by atoms with E-state index in [0.29, 0.717) is 64.8 Å². The van der Waals surface area contributed by atoms with Crippen molar-refractivity contribution < 1.29 is 23.1 Å². The zero-order valence-electron chi connectivity index (χ0n) is 33.9. The molecule has 5 aliphatic rings. The summed E-state index contributed by atoms with van der Waals surface area (Å²) < 4.78 is 39.1. The zero-order chi connectivity index (χ0) is 41.9. The van der Waals surface area contributed by atoms with E-state index in [1.807, 2.05) is 17.8 Å². The van der Waals surface area contributed by atoms with Crippen LogP contribution in [0, 0.1) is 16.7 Å². The van der Waals surface area contributed by atoms with Gasteiger partial charge in [-0.3, -0.25) is 24.4 Å². The van der Waals surface area contributed by atoms with Crippen molar-refractivity contribution in [2.45, 2.75) is 82.7 Å². The number of benzene rings is 2. The Morgan fingerprint density at radius 3 is 2.50 bits per heavy atom. The highest BCUT2D eigenvalue weighted by molar-refractivity contribution is 6.33. The van der Waals surface area contributed by atoms with Gasteiger partial charge in [0.25, 0.3) is 5.56 Å². The number of aromatic nitrogens is 5. The van der Waals surface area contributed by atoms with Crippen molar-refractivity contribution in [1.29, 1.82) is 0 Å². The zero-order valence-corrected chi connectivity index (χ0v) is 34.6. The number of nitrogens with one attached hydrogen (secondary N) is 4. The molecule has 3 aliphatic heterocycles. The number of amides is 2. The second kappa shape index (κ2) is 13.8. The number of alkyl halides is 2. The summed E-state index contributed by atoms with van der Waals surface area (Å²) in [5.41, 5.74) is 3.69. The first-order chi connectivity index (χ1) is 28.6. The van der Waals surface area contributed by atoms with Gasteiger partial charge in [0.05, 0.1) is 40.6 Å². The van der Waals surface area contributed by atoms with E-state index in [2.05, 4.69) is 57.1 Å². The van der Waals surface area contributed by atoms with Crippen LogP contribution in [0.15, 0.2) is 47.4 Å². The third-order valence-electron chi connectivity index (χ3n) is 13.5. The SMILES string of the molecule is Cn1nc(C2CCC(=O)NC2=O)c2ccc(N[C@@H]3CCC4(CN(c5ncc(Cl)c(Nc6ccc7c(c6)c6c(c(=O)n7C)OCC(F)(F)[C@H](C7CC7)N6)n5)C4)CC3(C)C)cc21. The molecule has 3 atom stereocenters. The summed E-state index contributed by atoms with van der Waals surface area (Å²) in [6, 6.07) is 10.7. The van der Waals surface area contributed by atoms with Crippen LogP contribution in [0.5, 0.6) is 5.75 Å². The molecule has 2 amide bonds. The van der Waals surface area contributed by atoms with Crippen LogP contribution < -0.4 is 36.5 Å². The van der Waals surface area contributed by atoms with E-state index in [1.54, 1.807) is 31.4 Å². The van der Waals surface area contributed by atoms with E-state index >= 15 is 8.78 Å². The van der Waals surface area contributed by atoms with Gasteiger partial charge in [-0.25, -0.2) is 13.8 Å². The number of hydrogen-bond acceptors (Lipinski definition) is 11. The first-order valence-electron chi connectivity index (χ1n) is 20.6. The molecule has 1 unspecified atom stereocenters. The van der Waals surface area contributed by atoms with Gasteiger partial charge in [0.2, 0.25) is 23.5 Å². The topological polar surface area (TPSA) is 160 Å². The van der Waals surface area contributed by atoms with Gasteiger partial charge in [-0.15, -0.1) is 0 Å². The van der Waals surface area contributed by atoms with Crippen LogP contribution in [0.1, 0.15) is 70.4 Å². The smallest absolute Gasteiger partial charge is 0.301 e. The Hall–Kier alpha value is -5.51. The van der Waals surface area contributed by atoms with Gasteiger partial charge in [-0.2, -0.15) is 10.1 Å². The molecular formula is C43H47ClF2N10O4. The van der Waals surface area contributed by atoms with Crippen molar-refractivity contribution in [3.05, 3.63) is 63.7 Å². The van der Waals surface area contributed by atoms with Crippen LogP contribution >= 0.6 is 11.6 Å². The Kier molecular flexibility index (Phi) is 8.87. The molecule has 6 heterocycles. The highest BCUT2D eigenvalue weighted by atomic mass is 35.5. The van der Waals surface area contributed by atoms with Crippen molar-refractivity contribution in [2.75, 3.05) is 40.5 Å². The van der Waals surface area contributed by atoms with E-state index in [-0.39, 0.29) is 46.0 Å². The molecule has 60 heavy (non-hydrogen) atoms. The summed E-state index contributed by atoms with van der Waals surface area (Å²) in [5, 5.41) is 19.1. The summed E-state index contributed by atoms with van der Waals surface area (Å²) in [6.07, 6.45) is 6.77. The Morgan fingerprint density at radius 2 is 1.75 bits per heavy atom. The predicted octanol–water partition coefficient (Wildman–Crippen LogP) is 6.85. The molecule has 2 saturated carbocycles. The quantitative estimate of drug-likeness (QED) is 0.127. The number of hydrogen-bond donors (Lipinski definition) is 4. The number of fused-ring (bicyclic) bond motifs is 4. The van der Waals surface area contributed by atoms with E-state index in [9.17, 15) is 14.4 Å². The van der Waals surface area contributed by atoms with Crippen molar-refractivity contribution >= 4 is 74.0 Å². The van der Waals surface area contributed by atoms with Crippen LogP contribution in [0.3, 0.4) is 0 Å². The number of piperidine rings is 1. The average molecular weight is 841 g/mol. The van der Waals surface area contributed by atoms with Crippen LogP contribution in [0.2, 0.25) is 5.02 Å². The number of halogens is 3. The summed E-state index contributed by atoms with van der Waals surface area (Å²) in [7, 11) is 3.49. The molecule has 17 heteroatoms. The molecule has 3 aromatic heterocycles. The van der Waals surface area contributed by atoms with E-state index in [1.165, 1.54) is 4.57 Å². The van der Waals surface area contributed by atoms with Crippen LogP contribution in [0.4, 0.5) is 37.6 Å². The molecule has 0 bridgehead atoms. The van der Waals surface area contributed by atoms with Crippen molar-refractivity contribution in [2.24, 2.45) is 30.8 Å². The van der Waals surface area contributed by atoms with Crippen molar-refractivity contribution in [3.8, 4) is 5.75 Å². The maximum atomic E-state index is 15.2. The molecular weight excluding hydrogens is 794 g/mol. The number of nitrogens with zero attached hydrogens (tertiary/aromatic N) is 6. The lowest BCUT2D eigenvalue weighted by molar-refractivity contribution is -0.134. The second-order valence-corrected chi connectivity index (χ2v) is 18.7. The molecule has 314 valence electrons. The molecule has 2 aliphatic carbocycles. The largest absolute Gasteiger partial charge is 0.480 e. The third kappa shape index (κ3) is 6.57. The standard InChI is InChI=1S/C43H47ClF2N10O4/c1-41(2)18-42(14-13-31(41)48-24-7-9-25-30(16-24)55(4)53-33(25)26-10-12-32(57)50-38(26)58)19-56(20-42)40-47-17-28(44)37(52-40)49-23-8-11-29-27(15-23)34-35(39(59)54(29)3)60-21-43(45,46)36(51-34)22-5-6-22/h7-9,11,15-17,22,26,31,36,48,51H,5-6,10,12-14,18-21H2,1-4H3,(H,47,49,52)(H,50,57,58)/t26?,31-,36+/m1/s1. The molecule has 4 N–H and O–H groups in total. The highest BCUT2D eigenvalue weighted by Crippen LogP contribution is 2.53. The summed E-state index contributed by atoms with van der Waals surface area (Å²) in [4.78, 5) is 49.2. The van der Waals surface area contributed by atoms with Gasteiger partial charge in [0.15, 0.2) is 12.4 Å². The molecule has 0 radical (unpaired) electrons. The number of carbonyl (C=O) groups excluding carboxylic acids is 2. The third-order valence-corrected chi connectivity index (χ3v) is 13.7. The summed E-state index contributed by atoms with van der Waals surface area (Å²) in [6.45, 7) is 5.39. The molecule has 14 nitrogen and oxygen atoms in total. The number of anilines is 5. The van der Waals surface area contributed by atoms with Crippen LogP contribution in [-0.2, 0) is 23.7 Å². The van der Waals surface area contributed by atoms with Gasteiger partial charge >= 0.3 is 5.92 Å². The van der Waals surface area contributed by atoms with Crippen molar-refractivity contribution in [1.82, 2.24) is 29.6 Å². The number of carbonyl (C=O) groups is 2. The van der Waals surface area contributed by atoms with E-state index in [0.717, 1.165) is 48.9 Å². The van der Waals surface area contributed by atoms with E-state index < -0.39 is 30.0 Å². The van der Waals surface area contributed by atoms with Crippen molar-refractivity contribution in [3.63, 3.8) is 0 Å². The number of imide groups is 1. The maximum Gasteiger partial charge on any atom is 0.301 e. The Labute approximate surface area is 349 Å². The molecule has 1 spiro atoms. The van der Waals surface area contributed by atoms with Gasteiger partial charge in [0.1, 0.15) is 5.02 Å². The van der Waals surface area contributed by atoms with Gasteiger partial charge in [-0.1, -0.05) is 25.4 Å². The molecule has 10 rings (SSSR count). The molecule has 2 aromatic carbocycles.